The molecule has 2 rings (SSSR count). The Balaban J connectivity index is 2.54. The lowest BCUT2D eigenvalue weighted by atomic mass is 10.2. The molecule has 4 heteroatoms. The van der Waals surface area contributed by atoms with Crippen LogP contribution in [0.25, 0.3) is 11.4 Å². The van der Waals surface area contributed by atoms with E-state index in [0.29, 0.717) is 23.0 Å². The molecule has 1 aromatic carbocycles. The minimum absolute atomic E-state index is 0.289. The molecule has 0 amide bonds. The molecule has 0 aliphatic carbocycles. The van der Waals surface area contributed by atoms with E-state index in [2.05, 4.69) is 15.0 Å². The Bertz CT molecular complexity index is 477. The summed E-state index contributed by atoms with van der Waals surface area (Å²) in [5.74, 6) is 1.51. The number of rotatable bonds is 1. The highest BCUT2D eigenvalue weighted by molar-refractivity contribution is 5.54. The van der Waals surface area contributed by atoms with Crippen LogP contribution in [0.3, 0.4) is 0 Å². The molecule has 0 aliphatic rings. The Morgan fingerprint density at radius 1 is 1.00 bits per heavy atom. The standard InChI is InChI=1S/C11H10FN3/c1-7-13-8(2)15-11(14-7)9-4-3-5-10(12)6-9/h3-6H,1-2H3. The number of aromatic nitrogens is 3. The molecule has 76 valence electrons. The molecule has 1 heterocycles. The normalized spacial score (nSPS) is 10.3. The van der Waals surface area contributed by atoms with E-state index in [-0.39, 0.29) is 5.82 Å². The molecule has 15 heavy (non-hydrogen) atoms. The van der Waals surface area contributed by atoms with Gasteiger partial charge in [0.1, 0.15) is 17.5 Å². The zero-order valence-corrected chi connectivity index (χ0v) is 8.53. The van der Waals surface area contributed by atoms with Crippen molar-refractivity contribution in [2.24, 2.45) is 0 Å². The minimum atomic E-state index is -0.289. The summed E-state index contributed by atoms with van der Waals surface area (Å²) >= 11 is 0. The highest BCUT2D eigenvalue weighted by Gasteiger charge is 2.04. The Morgan fingerprint density at radius 2 is 1.67 bits per heavy atom. The zero-order valence-electron chi connectivity index (χ0n) is 8.53. The van der Waals surface area contributed by atoms with Crippen molar-refractivity contribution >= 4 is 0 Å². The number of hydrogen-bond donors (Lipinski definition) is 0. The summed E-state index contributed by atoms with van der Waals surface area (Å²) in [4.78, 5) is 12.4. The Kier molecular flexibility index (Phi) is 2.41. The fourth-order valence-electron chi connectivity index (χ4n) is 1.37. The minimum Gasteiger partial charge on any atom is -0.219 e. The molecule has 0 unspecified atom stereocenters. The predicted molar refractivity (Wildman–Crippen MR) is 54.7 cm³/mol. The van der Waals surface area contributed by atoms with Crippen molar-refractivity contribution in [3.8, 4) is 11.4 Å². The summed E-state index contributed by atoms with van der Waals surface area (Å²) in [6, 6.07) is 6.22. The third-order valence-corrected chi connectivity index (χ3v) is 1.94. The summed E-state index contributed by atoms with van der Waals surface area (Å²) in [5, 5.41) is 0. The van der Waals surface area contributed by atoms with E-state index >= 15 is 0 Å². The van der Waals surface area contributed by atoms with Gasteiger partial charge in [0.2, 0.25) is 0 Å². The van der Waals surface area contributed by atoms with E-state index in [0.717, 1.165) is 0 Å². The summed E-state index contributed by atoms with van der Waals surface area (Å²) in [6.45, 7) is 3.58. The third-order valence-electron chi connectivity index (χ3n) is 1.94. The SMILES string of the molecule is Cc1nc(C)nc(-c2cccc(F)c2)n1. The van der Waals surface area contributed by atoms with Gasteiger partial charge >= 0.3 is 0 Å². The molecule has 3 nitrogen and oxygen atoms in total. The van der Waals surface area contributed by atoms with Gasteiger partial charge < -0.3 is 0 Å². The lowest BCUT2D eigenvalue weighted by molar-refractivity contribution is 0.628. The first-order valence-corrected chi connectivity index (χ1v) is 4.60. The van der Waals surface area contributed by atoms with E-state index in [1.54, 1.807) is 26.0 Å². The van der Waals surface area contributed by atoms with Crippen LogP contribution in [0.1, 0.15) is 11.6 Å². The molecule has 1 aromatic heterocycles. The quantitative estimate of drug-likeness (QED) is 0.713. The number of aryl methyl sites for hydroxylation is 2. The van der Waals surface area contributed by atoms with Crippen LogP contribution in [0.15, 0.2) is 24.3 Å². The molecule has 0 aliphatic heterocycles. The van der Waals surface area contributed by atoms with Crippen molar-refractivity contribution < 1.29 is 4.39 Å². The zero-order chi connectivity index (χ0) is 10.8. The predicted octanol–water partition coefficient (Wildman–Crippen LogP) is 2.29. The summed E-state index contributed by atoms with van der Waals surface area (Å²) in [7, 11) is 0. The fourth-order valence-corrected chi connectivity index (χ4v) is 1.37. The van der Waals surface area contributed by atoms with E-state index in [9.17, 15) is 4.39 Å². The average molecular weight is 203 g/mol. The van der Waals surface area contributed by atoms with Gasteiger partial charge in [-0.1, -0.05) is 12.1 Å². The van der Waals surface area contributed by atoms with Crippen molar-refractivity contribution in [3.05, 3.63) is 41.7 Å². The second kappa shape index (κ2) is 3.73. The first-order valence-electron chi connectivity index (χ1n) is 4.60. The topological polar surface area (TPSA) is 38.7 Å². The van der Waals surface area contributed by atoms with E-state index in [1.165, 1.54) is 12.1 Å². The van der Waals surface area contributed by atoms with Gasteiger partial charge in [-0.25, -0.2) is 19.3 Å². The highest BCUT2D eigenvalue weighted by atomic mass is 19.1. The average Bonchev–Trinajstić information content (AvgIpc) is 2.16. The number of hydrogen-bond acceptors (Lipinski definition) is 3. The molecule has 0 N–H and O–H groups in total. The van der Waals surface area contributed by atoms with Crippen LogP contribution in [0, 0.1) is 19.7 Å². The molecular formula is C11H10FN3. The maximum Gasteiger partial charge on any atom is 0.163 e. The van der Waals surface area contributed by atoms with Crippen LogP contribution in [-0.2, 0) is 0 Å². The Morgan fingerprint density at radius 3 is 2.27 bits per heavy atom. The van der Waals surface area contributed by atoms with Crippen LogP contribution in [0.5, 0.6) is 0 Å². The second-order valence-corrected chi connectivity index (χ2v) is 3.26. The van der Waals surface area contributed by atoms with Crippen molar-refractivity contribution in [2.75, 3.05) is 0 Å². The van der Waals surface area contributed by atoms with Crippen LogP contribution in [0.2, 0.25) is 0 Å². The summed E-state index contributed by atoms with van der Waals surface area (Å²) < 4.78 is 13.0. The fraction of sp³-hybridized carbons (Fsp3) is 0.182. The van der Waals surface area contributed by atoms with Crippen LogP contribution in [-0.4, -0.2) is 15.0 Å². The van der Waals surface area contributed by atoms with Gasteiger partial charge in [-0.2, -0.15) is 0 Å². The van der Waals surface area contributed by atoms with Crippen molar-refractivity contribution in [1.29, 1.82) is 0 Å². The van der Waals surface area contributed by atoms with Gasteiger partial charge in [-0.3, -0.25) is 0 Å². The van der Waals surface area contributed by atoms with E-state index < -0.39 is 0 Å². The van der Waals surface area contributed by atoms with Gasteiger partial charge in [0.05, 0.1) is 0 Å². The molecule has 2 aromatic rings. The van der Waals surface area contributed by atoms with Crippen LogP contribution < -0.4 is 0 Å². The smallest absolute Gasteiger partial charge is 0.163 e. The summed E-state index contributed by atoms with van der Waals surface area (Å²) in [6.07, 6.45) is 0. The molecule has 0 radical (unpaired) electrons. The van der Waals surface area contributed by atoms with Gasteiger partial charge in [-0.05, 0) is 26.0 Å². The van der Waals surface area contributed by atoms with Gasteiger partial charge in [0.15, 0.2) is 5.82 Å². The van der Waals surface area contributed by atoms with Gasteiger partial charge in [-0.15, -0.1) is 0 Å². The number of halogens is 1. The van der Waals surface area contributed by atoms with Gasteiger partial charge in [0, 0.05) is 5.56 Å². The monoisotopic (exact) mass is 203 g/mol. The summed E-state index contributed by atoms with van der Waals surface area (Å²) in [5.41, 5.74) is 0.670. The first-order chi connectivity index (χ1) is 7.15. The molecule has 0 spiro atoms. The van der Waals surface area contributed by atoms with E-state index in [4.69, 9.17) is 0 Å². The number of nitrogens with zero attached hydrogens (tertiary/aromatic N) is 3. The van der Waals surface area contributed by atoms with Gasteiger partial charge in [0.25, 0.3) is 0 Å². The number of benzene rings is 1. The molecule has 0 saturated carbocycles. The second-order valence-electron chi connectivity index (χ2n) is 3.26. The van der Waals surface area contributed by atoms with Crippen molar-refractivity contribution in [3.63, 3.8) is 0 Å². The van der Waals surface area contributed by atoms with Crippen LogP contribution >= 0.6 is 0 Å². The molecule has 0 atom stereocenters. The highest BCUT2D eigenvalue weighted by Crippen LogP contribution is 2.15. The molecule has 0 saturated heterocycles. The molecular weight excluding hydrogens is 193 g/mol. The lowest BCUT2D eigenvalue weighted by Gasteiger charge is -2.02. The lowest BCUT2D eigenvalue weighted by Crippen LogP contribution is -1.98. The maximum absolute atomic E-state index is 13.0. The first kappa shape index (κ1) is 9.71. The Hall–Kier alpha value is -1.84. The van der Waals surface area contributed by atoms with E-state index in [1.807, 2.05) is 0 Å². The maximum atomic E-state index is 13.0. The third kappa shape index (κ3) is 2.15. The largest absolute Gasteiger partial charge is 0.219 e. The van der Waals surface area contributed by atoms with Crippen LogP contribution in [0.4, 0.5) is 4.39 Å². The molecule has 0 fully saturated rings. The Labute approximate surface area is 87.0 Å². The van der Waals surface area contributed by atoms with Crippen molar-refractivity contribution in [1.82, 2.24) is 15.0 Å². The molecule has 0 bridgehead atoms. The van der Waals surface area contributed by atoms with Crippen molar-refractivity contribution in [2.45, 2.75) is 13.8 Å².